The highest BCUT2D eigenvalue weighted by atomic mass is 19.1. The Morgan fingerprint density at radius 3 is 2.79 bits per heavy atom. The quantitative estimate of drug-likeness (QED) is 0.686. The fourth-order valence-corrected chi connectivity index (χ4v) is 3.74. The summed E-state index contributed by atoms with van der Waals surface area (Å²) >= 11 is 0. The van der Waals surface area contributed by atoms with Crippen molar-refractivity contribution in [2.45, 2.75) is 44.2 Å². The first kappa shape index (κ1) is 19.1. The van der Waals surface area contributed by atoms with Crippen LogP contribution in [0.1, 0.15) is 49.8 Å². The van der Waals surface area contributed by atoms with E-state index in [4.69, 9.17) is 0 Å². The van der Waals surface area contributed by atoms with Crippen LogP contribution >= 0.6 is 0 Å². The SMILES string of the molecule is CC(O)(CC(=O)Nc1nc2ccc(C#N)cc2n1C1CCC1)c1ccccc1F. The maximum atomic E-state index is 14.1. The number of nitrogens with one attached hydrogen (secondary N) is 1. The molecule has 29 heavy (non-hydrogen) atoms. The Morgan fingerprint density at radius 1 is 1.38 bits per heavy atom. The largest absolute Gasteiger partial charge is 0.385 e. The van der Waals surface area contributed by atoms with Crippen molar-refractivity contribution >= 4 is 22.9 Å². The molecule has 0 bridgehead atoms. The normalized spacial score (nSPS) is 16.1. The Labute approximate surface area is 167 Å². The van der Waals surface area contributed by atoms with Gasteiger partial charge < -0.3 is 9.67 Å². The van der Waals surface area contributed by atoms with Crippen molar-refractivity contribution < 1.29 is 14.3 Å². The highest BCUT2D eigenvalue weighted by molar-refractivity contribution is 5.92. The van der Waals surface area contributed by atoms with Crippen molar-refractivity contribution in [2.24, 2.45) is 0 Å². The number of rotatable bonds is 5. The van der Waals surface area contributed by atoms with Crippen molar-refractivity contribution in [1.29, 1.82) is 5.26 Å². The first-order valence-corrected chi connectivity index (χ1v) is 9.58. The summed E-state index contributed by atoms with van der Waals surface area (Å²) in [5, 5.41) is 22.7. The molecular weight excluding hydrogens is 371 g/mol. The van der Waals surface area contributed by atoms with Gasteiger partial charge in [-0.3, -0.25) is 10.1 Å². The number of halogens is 1. The maximum Gasteiger partial charge on any atom is 0.229 e. The summed E-state index contributed by atoms with van der Waals surface area (Å²) in [4.78, 5) is 17.2. The molecule has 0 radical (unpaired) electrons. The molecule has 1 saturated carbocycles. The van der Waals surface area contributed by atoms with Gasteiger partial charge in [0.25, 0.3) is 0 Å². The van der Waals surface area contributed by atoms with Gasteiger partial charge in [0.1, 0.15) is 5.82 Å². The number of aromatic nitrogens is 2. The van der Waals surface area contributed by atoms with Crippen LogP contribution in [0.2, 0.25) is 0 Å². The molecule has 2 N–H and O–H groups in total. The monoisotopic (exact) mass is 392 g/mol. The Morgan fingerprint density at radius 2 is 2.14 bits per heavy atom. The van der Waals surface area contributed by atoms with Crippen molar-refractivity contribution in [3.05, 3.63) is 59.4 Å². The van der Waals surface area contributed by atoms with E-state index in [1.54, 1.807) is 24.3 Å². The summed E-state index contributed by atoms with van der Waals surface area (Å²) in [7, 11) is 0. The van der Waals surface area contributed by atoms with E-state index in [1.807, 2.05) is 4.57 Å². The zero-order chi connectivity index (χ0) is 20.6. The van der Waals surface area contributed by atoms with Gasteiger partial charge in [-0.05, 0) is 50.5 Å². The van der Waals surface area contributed by atoms with Crippen LogP contribution in [-0.4, -0.2) is 20.6 Å². The zero-order valence-electron chi connectivity index (χ0n) is 16.0. The van der Waals surface area contributed by atoms with E-state index in [0.717, 1.165) is 24.8 Å². The van der Waals surface area contributed by atoms with Crippen LogP contribution in [0.5, 0.6) is 0 Å². The van der Waals surface area contributed by atoms with E-state index in [9.17, 15) is 19.6 Å². The Hall–Kier alpha value is -3.24. The number of amides is 1. The summed E-state index contributed by atoms with van der Waals surface area (Å²) in [6, 6.07) is 13.4. The number of carbonyl (C=O) groups excluding carboxylic acids is 1. The molecule has 0 aliphatic heterocycles. The number of nitrogens with zero attached hydrogens (tertiary/aromatic N) is 3. The number of nitriles is 1. The smallest absolute Gasteiger partial charge is 0.229 e. The Bertz CT molecular complexity index is 1130. The third-order valence-electron chi connectivity index (χ3n) is 5.47. The van der Waals surface area contributed by atoms with Crippen LogP contribution in [0.15, 0.2) is 42.5 Å². The van der Waals surface area contributed by atoms with Gasteiger partial charge in [0.05, 0.1) is 34.7 Å². The van der Waals surface area contributed by atoms with E-state index in [-0.39, 0.29) is 18.0 Å². The van der Waals surface area contributed by atoms with E-state index in [2.05, 4.69) is 16.4 Å². The zero-order valence-corrected chi connectivity index (χ0v) is 16.0. The van der Waals surface area contributed by atoms with Crippen molar-refractivity contribution in [2.75, 3.05) is 5.32 Å². The number of imidazole rings is 1. The average molecular weight is 392 g/mol. The number of aliphatic hydroxyl groups is 1. The molecule has 148 valence electrons. The molecule has 1 atom stereocenters. The van der Waals surface area contributed by atoms with Crippen LogP contribution in [-0.2, 0) is 10.4 Å². The Balaban J connectivity index is 1.63. The molecule has 0 spiro atoms. The highest BCUT2D eigenvalue weighted by Crippen LogP contribution is 2.37. The molecule has 1 aliphatic carbocycles. The van der Waals surface area contributed by atoms with Gasteiger partial charge >= 0.3 is 0 Å². The van der Waals surface area contributed by atoms with Crippen LogP contribution in [0.4, 0.5) is 10.3 Å². The van der Waals surface area contributed by atoms with Gasteiger partial charge in [0.15, 0.2) is 0 Å². The van der Waals surface area contributed by atoms with Gasteiger partial charge in [0.2, 0.25) is 11.9 Å². The van der Waals surface area contributed by atoms with Crippen molar-refractivity contribution in [3.8, 4) is 6.07 Å². The van der Waals surface area contributed by atoms with Crippen LogP contribution in [0.25, 0.3) is 11.0 Å². The molecule has 1 aliphatic rings. The molecule has 1 aromatic heterocycles. The summed E-state index contributed by atoms with van der Waals surface area (Å²) in [5.74, 6) is -0.639. The summed E-state index contributed by atoms with van der Waals surface area (Å²) in [6.45, 7) is 1.42. The van der Waals surface area contributed by atoms with E-state index >= 15 is 0 Å². The first-order valence-electron chi connectivity index (χ1n) is 9.58. The third-order valence-corrected chi connectivity index (χ3v) is 5.47. The number of hydrogen-bond donors (Lipinski definition) is 2. The second kappa shape index (κ2) is 7.30. The molecule has 7 heteroatoms. The molecule has 0 saturated heterocycles. The van der Waals surface area contributed by atoms with Crippen molar-refractivity contribution in [1.82, 2.24) is 9.55 Å². The summed E-state index contributed by atoms with van der Waals surface area (Å²) in [6.07, 6.45) is 2.72. The molecule has 3 aromatic rings. The van der Waals surface area contributed by atoms with Crippen LogP contribution in [0, 0.1) is 17.1 Å². The average Bonchev–Trinajstić information content (AvgIpc) is 2.97. The van der Waals surface area contributed by atoms with E-state index < -0.39 is 17.3 Å². The second-order valence-electron chi connectivity index (χ2n) is 7.68. The predicted molar refractivity (Wildman–Crippen MR) is 107 cm³/mol. The second-order valence-corrected chi connectivity index (χ2v) is 7.68. The summed E-state index contributed by atoms with van der Waals surface area (Å²) in [5.41, 5.74) is 0.424. The van der Waals surface area contributed by atoms with E-state index in [1.165, 1.54) is 25.1 Å². The van der Waals surface area contributed by atoms with Gasteiger partial charge in [-0.1, -0.05) is 18.2 Å². The molecule has 1 unspecified atom stereocenters. The number of anilines is 1. The maximum absolute atomic E-state index is 14.1. The molecule has 6 nitrogen and oxygen atoms in total. The molecule has 1 amide bonds. The molecule has 1 heterocycles. The fraction of sp³-hybridized carbons (Fsp3) is 0.318. The number of hydrogen-bond acceptors (Lipinski definition) is 4. The summed E-state index contributed by atoms with van der Waals surface area (Å²) < 4.78 is 16.0. The fourth-order valence-electron chi connectivity index (χ4n) is 3.74. The van der Waals surface area contributed by atoms with Crippen molar-refractivity contribution in [3.63, 3.8) is 0 Å². The third kappa shape index (κ3) is 3.59. The minimum Gasteiger partial charge on any atom is -0.385 e. The molecule has 4 rings (SSSR count). The minimum atomic E-state index is -1.66. The van der Waals surface area contributed by atoms with Crippen LogP contribution < -0.4 is 5.32 Å². The predicted octanol–water partition coefficient (Wildman–Crippen LogP) is 4.01. The van der Waals surface area contributed by atoms with E-state index in [0.29, 0.717) is 17.0 Å². The molecular formula is C22H21FN4O2. The van der Waals surface area contributed by atoms with Gasteiger partial charge in [-0.2, -0.15) is 5.26 Å². The lowest BCUT2D eigenvalue weighted by Gasteiger charge is -2.29. The number of carbonyl (C=O) groups is 1. The van der Waals surface area contributed by atoms with Crippen LogP contribution in [0.3, 0.4) is 0 Å². The lowest BCUT2D eigenvalue weighted by atomic mass is 9.91. The lowest BCUT2D eigenvalue weighted by molar-refractivity contribution is -0.120. The minimum absolute atomic E-state index is 0.0707. The number of fused-ring (bicyclic) bond motifs is 1. The number of benzene rings is 2. The lowest BCUT2D eigenvalue weighted by Crippen LogP contribution is -2.30. The first-order chi connectivity index (χ1) is 13.9. The van der Waals surface area contributed by atoms with Gasteiger partial charge in [-0.15, -0.1) is 0 Å². The highest BCUT2D eigenvalue weighted by Gasteiger charge is 2.31. The topological polar surface area (TPSA) is 90.9 Å². The Kier molecular flexibility index (Phi) is 4.81. The van der Waals surface area contributed by atoms with Gasteiger partial charge in [0, 0.05) is 11.6 Å². The molecule has 2 aromatic carbocycles. The molecule has 1 fully saturated rings. The van der Waals surface area contributed by atoms with Gasteiger partial charge in [-0.25, -0.2) is 9.37 Å². The standard InChI is InChI=1S/C22H21FN4O2/c1-22(29,16-7-2-3-8-17(16)23)12-20(28)26-21-25-18-10-9-14(13-24)11-19(18)27(21)15-5-4-6-15/h2-3,7-11,15,29H,4-6,12H2,1H3,(H,25,26,28).